The Kier molecular flexibility index (Phi) is 6.38. The van der Waals surface area contributed by atoms with Crippen molar-refractivity contribution in [3.05, 3.63) is 23.8 Å². The molecule has 0 aliphatic carbocycles. The molecule has 1 fully saturated rings. The Hall–Kier alpha value is -2.13. The first-order valence-electron chi connectivity index (χ1n) is 7.69. The molecule has 1 saturated heterocycles. The standard InChI is InChI=1S/C17H22O8/c1-23-12-5-9(6-13(24-2)16(12)21)3-4-10(18)7-14-17(22)15(20)11(19)8-25-14/h3-6,11,14-15,17,19-22H,7-8H2,1-2H3. The molecule has 1 aliphatic rings. The molecule has 1 aromatic carbocycles. The molecule has 2 rings (SSSR count). The first kappa shape index (κ1) is 19.2. The Morgan fingerprint density at radius 3 is 2.36 bits per heavy atom. The van der Waals surface area contributed by atoms with Crippen LogP contribution in [0.3, 0.4) is 0 Å². The van der Waals surface area contributed by atoms with Gasteiger partial charge in [-0.2, -0.15) is 0 Å². The Balaban J connectivity index is 2.05. The van der Waals surface area contributed by atoms with Crippen LogP contribution >= 0.6 is 0 Å². The van der Waals surface area contributed by atoms with Crippen LogP contribution in [0.2, 0.25) is 0 Å². The van der Waals surface area contributed by atoms with Crippen LogP contribution < -0.4 is 9.47 Å². The smallest absolute Gasteiger partial charge is 0.200 e. The van der Waals surface area contributed by atoms with Gasteiger partial charge in [0.2, 0.25) is 5.75 Å². The summed E-state index contributed by atoms with van der Waals surface area (Å²) in [6, 6.07) is 3.07. The third-order valence-electron chi connectivity index (χ3n) is 3.97. The molecule has 1 aromatic rings. The molecule has 1 heterocycles. The predicted molar refractivity (Wildman–Crippen MR) is 87.6 cm³/mol. The van der Waals surface area contributed by atoms with Gasteiger partial charge in [0.25, 0.3) is 0 Å². The van der Waals surface area contributed by atoms with E-state index in [2.05, 4.69) is 0 Å². The molecule has 25 heavy (non-hydrogen) atoms. The summed E-state index contributed by atoms with van der Waals surface area (Å²) < 4.78 is 15.3. The van der Waals surface area contributed by atoms with Gasteiger partial charge >= 0.3 is 0 Å². The molecule has 0 aromatic heterocycles. The maximum atomic E-state index is 12.1. The number of rotatable bonds is 6. The zero-order valence-corrected chi connectivity index (χ0v) is 14.0. The topological polar surface area (TPSA) is 126 Å². The number of hydrogen-bond donors (Lipinski definition) is 4. The summed E-state index contributed by atoms with van der Waals surface area (Å²) in [6.07, 6.45) is -2.09. The van der Waals surface area contributed by atoms with E-state index in [0.717, 1.165) is 0 Å². The fourth-order valence-corrected chi connectivity index (χ4v) is 2.51. The molecular formula is C17H22O8. The molecular weight excluding hydrogens is 332 g/mol. The van der Waals surface area contributed by atoms with Gasteiger partial charge in [0.1, 0.15) is 18.3 Å². The molecule has 4 unspecified atom stereocenters. The number of ketones is 1. The first-order chi connectivity index (χ1) is 11.9. The van der Waals surface area contributed by atoms with Gasteiger partial charge in [-0.1, -0.05) is 6.08 Å². The number of hydrogen-bond acceptors (Lipinski definition) is 8. The highest BCUT2D eigenvalue weighted by molar-refractivity contribution is 5.94. The summed E-state index contributed by atoms with van der Waals surface area (Å²) in [5.74, 6) is -0.0670. The lowest BCUT2D eigenvalue weighted by Crippen LogP contribution is -2.53. The van der Waals surface area contributed by atoms with Crippen molar-refractivity contribution in [3.8, 4) is 17.2 Å². The van der Waals surface area contributed by atoms with Gasteiger partial charge in [-0.15, -0.1) is 0 Å². The van der Waals surface area contributed by atoms with Crippen LogP contribution in [-0.2, 0) is 9.53 Å². The number of aromatic hydroxyl groups is 1. The third kappa shape index (κ3) is 4.49. The highest BCUT2D eigenvalue weighted by Gasteiger charge is 2.37. The second-order valence-electron chi connectivity index (χ2n) is 5.70. The summed E-state index contributed by atoms with van der Waals surface area (Å²) in [7, 11) is 2.79. The molecule has 4 N–H and O–H groups in total. The van der Waals surface area contributed by atoms with Gasteiger partial charge in [0.15, 0.2) is 17.3 Å². The van der Waals surface area contributed by atoms with Gasteiger partial charge in [0.05, 0.1) is 26.9 Å². The van der Waals surface area contributed by atoms with E-state index in [9.17, 15) is 25.2 Å². The minimum atomic E-state index is -1.35. The van der Waals surface area contributed by atoms with Crippen molar-refractivity contribution < 1.29 is 39.4 Å². The molecule has 0 radical (unpaired) electrons. The number of aliphatic hydroxyl groups excluding tert-OH is 3. The number of carbonyl (C=O) groups excluding carboxylic acids is 1. The molecule has 4 atom stereocenters. The van der Waals surface area contributed by atoms with E-state index in [4.69, 9.17) is 14.2 Å². The lowest BCUT2D eigenvalue weighted by atomic mass is 9.96. The number of aliphatic hydroxyl groups is 3. The minimum absolute atomic E-state index is 0.139. The molecule has 0 saturated carbocycles. The summed E-state index contributed by atoms with van der Waals surface area (Å²) in [5, 5.41) is 38.7. The fraction of sp³-hybridized carbons (Fsp3) is 0.471. The quantitative estimate of drug-likeness (QED) is 0.520. The van der Waals surface area contributed by atoms with Gasteiger partial charge in [-0.05, 0) is 23.8 Å². The van der Waals surface area contributed by atoms with Crippen LogP contribution in [0, 0.1) is 0 Å². The van der Waals surface area contributed by atoms with Crippen molar-refractivity contribution in [3.63, 3.8) is 0 Å². The second-order valence-corrected chi connectivity index (χ2v) is 5.70. The van der Waals surface area contributed by atoms with E-state index in [1.54, 1.807) is 0 Å². The highest BCUT2D eigenvalue weighted by atomic mass is 16.5. The third-order valence-corrected chi connectivity index (χ3v) is 3.97. The number of benzene rings is 1. The predicted octanol–water partition coefficient (Wildman–Crippen LogP) is -0.137. The Labute approximate surface area is 144 Å². The lowest BCUT2D eigenvalue weighted by molar-refractivity contribution is -0.188. The maximum Gasteiger partial charge on any atom is 0.200 e. The van der Waals surface area contributed by atoms with Crippen molar-refractivity contribution in [1.82, 2.24) is 0 Å². The Bertz CT molecular complexity index is 617. The van der Waals surface area contributed by atoms with Gasteiger partial charge in [0, 0.05) is 6.42 Å². The lowest BCUT2D eigenvalue weighted by Gasteiger charge is -2.34. The number of carbonyl (C=O) groups is 1. The monoisotopic (exact) mass is 354 g/mol. The SMILES string of the molecule is COc1cc(C=CC(=O)CC2OCC(O)C(O)C2O)cc(OC)c1O. The largest absolute Gasteiger partial charge is 0.502 e. The van der Waals surface area contributed by atoms with Crippen molar-refractivity contribution in [2.45, 2.75) is 30.8 Å². The zero-order chi connectivity index (χ0) is 18.6. The number of phenolic OH excluding ortho intramolecular Hbond substituents is 1. The molecule has 138 valence electrons. The molecule has 1 aliphatic heterocycles. The molecule has 0 spiro atoms. The number of methoxy groups -OCH3 is 2. The highest BCUT2D eigenvalue weighted by Crippen LogP contribution is 2.37. The van der Waals surface area contributed by atoms with E-state index in [1.807, 2.05) is 0 Å². The van der Waals surface area contributed by atoms with Gasteiger partial charge in [-0.3, -0.25) is 4.79 Å². The summed E-state index contributed by atoms with van der Waals surface area (Å²) in [4.78, 5) is 12.1. The van der Waals surface area contributed by atoms with Crippen LogP contribution in [0.5, 0.6) is 17.2 Å². The van der Waals surface area contributed by atoms with Crippen molar-refractivity contribution >= 4 is 11.9 Å². The van der Waals surface area contributed by atoms with Crippen LogP contribution in [0.25, 0.3) is 6.08 Å². The second kappa shape index (κ2) is 8.30. The van der Waals surface area contributed by atoms with Crippen LogP contribution in [0.4, 0.5) is 0 Å². The molecule has 8 heteroatoms. The minimum Gasteiger partial charge on any atom is -0.502 e. The van der Waals surface area contributed by atoms with Crippen molar-refractivity contribution in [2.24, 2.45) is 0 Å². The molecule has 0 bridgehead atoms. The van der Waals surface area contributed by atoms with Crippen LogP contribution in [0.15, 0.2) is 18.2 Å². The van der Waals surface area contributed by atoms with Crippen molar-refractivity contribution in [2.75, 3.05) is 20.8 Å². The van der Waals surface area contributed by atoms with E-state index in [-0.39, 0.29) is 36.1 Å². The fourth-order valence-electron chi connectivity index (χ4n) is 2.51. The summed E-state index contributed by atoms with van der Waals surface area (Å²) >= 11 is 0. The summed E-state index contributed by atoms with van der Waals surface area (Å²) in [6.45, 7) is -0.147. The Morgan fingerprint density at radius 2 is 1.80 bits per heavy atom. The zero-order valence-electron chi connectivity index (χ0n) is 14.0. The number of phenols is 1. The van der Waals surface area contributed by atoms with E-state index >= 15 is 0 Å². The summed E-state index contributed by atoms with van der Waals surface area (Å²) in [5.41, 5.74) is 0.570. The van der Waals surface area contributed by atoms with Crippen LogP contribution in [-0.4, -0.2) is 71.5 Å². The number of allylic oxidation sites excluding steroid dienone is 1. The normalized spacial score (nSPS) is 26.6. The van der Waals surface area contributed by atoms with E-state index in [0.29, 0.717) is 5.56 Å². The van der Waals surface area contributed by atoms with Crippen molar-refractivity contribution in [1.29, 1.82) is 0 Å². The van der Waals surface area contributed by atoms with Crippen LogP contribution in [0.1, 0.15) is 12.0 Å². The van der Waals surface area contributed by atoms with Gasteiger partial charge < -0.3 is 34.6 Å². The number of ether oxygens (including phenoxy) is 3. The molecule has 8 nitrogen and oxygen atoms in total. The van der Waals surface area contributed by atoms with Gasteiger partial charge in [-0.25, -0.2) is 0 Å². The maximum absolute atomic E-state index is 12.1. The van der Waals surface area contributed by atoms with E-state index < -0.39 is 24.4 Å². The average Bonchev–Trinajstić information content (AvgIpc) is 2.61. The Morgan fingerprint density at radius 1 is 1.20 bits per heavy atom. The molecule has 0 amide bonds. The first-order valence-corrected chi connectivity index (χ1v) is 7.69. The average molecular weight is 354 g/mol. The van der Waals surface area contributed by atoms with E-state index in [1.165, 1.54) is 38.5 Å².